The fraction of sp³-hybridized carbons (Fsp3) is 0.681. The van der Waals surface area contributed by atoms with Crippen molar-refractivity contribution in [2.24, 2.45) is 59.2 Å². The van der Waals surface area contributed by atoms with E-state index in [0.717, 1.165) is 54.9 Å². The monoisotopic (exact) mass is 733 g/mol. The van der Waals surface area contributed by atoms with Crippen molar-refractivity contribution >= 4 is 17.7 Å². The Bertz CT molecular complexity index is 1630. The molecule has 0 unspecified atom stereocenters. The van der Waals surface area contributed by atoms with E-state index in [4.69, 9.17) is 0 Å². The average molecular weight is 734 g/mol. The van der Waals surface area contributed by atoms with Crippen LogP contribution < -0.4 is 5.32 Å². The number of likely N-dealkylation sites (tertiary alicyclic amines) is 1. The molecule has 2 aliphatic heterocycles. The number of nitrogens with one attached hydrogen (secondary N) is 1. The van der Waals surface area contributed by atoms with Gasteiger partial charge < -0.3 is 20.2 Å². The number of carbonyl (C=O) groups is 3. The van der Waals surface area contributed by atoms with Gasteiger partial charge in [-0.15, -0.1) is 0 Å². The fourth-order valence-corrected chi connectivity index (χ4v) is 14.5. The van der Waals surface area contributed by atoms with Crippen molar-refractivity contribution in [3.63, 3.8) is 0 Å². The molecule has 10 aliphatic rings. The van der Waals surface area contributed by atoms with E-state index in [1.165, 1.54) is 62.5 Å². The molecule has 0 spiro atoms. The summed E-state index contributed by atoms with van der Waals surface area (Å²) in [5.74, 6) is 8.12. The van der Waals surface area contributed by atoms with E-state index in [2.05, 4.69) is 79.8 Å². The smallest absolute Gasteiger partial charge is 0.239 e. The van der Waals surface area contributed by atoms with Crippen LogP contribution in [0.25, 0.3) is 0 Å². The van der Waals surface area contributed by atoms with Gasteiger partial charge in [0.05, 0.1) is 12.6 Å². The second-order valence-electron chi connectivity index (χ2n) is 19.4. The Balaban J connectivity index is 0.000000142. The van der Waals surface area contributed by atoms with Crippen LogP contribution in [0.3, 0.4) is 0 Å². The van der Waals surface area contributed by atoms with Gasteiger partial charge in [-0.05, 0) is 135 Å². The lowest BCUT2D eigenvalue weighted by molar-refractivity contribution is -0.146. The number of carbonyl (C=O) groups excluding carboxylic acids is 3. The zero-order valence-electron chi connectivity index (χ0n) is 32.7. The van der Waals surface area contributed by atoms with Crippen molar-refractivity contribution in [3.8, 4) is 0 Å². The number of piperidine rings is 1. The molecule has 3 amide bonds. The van der Waals surface area contributed by atoms with Crippen LogP contribution in [0, 0.1) is 59.2 Å². The Labute approximate surface area is 323 Å². The first-order chi connectivity index (χ1) is 26.2. The van der Waals surface area contributed by atoms with Crippen molar-refractivity contribution in [1.29, 1.82) is 0 Å². The van der Waals surface area contributed by atoms with Crippen molar-refractivity contribution < 1.29 is 19.5 Å². The van der Waals surface area contributed by atoms with E-state index in [-0.39, 0.29) is 41.2 Å². The van der Waals surface area contributed by atoms with Gasteiger partial charge in [-0.25, -0.2) is 0 Å². The highest BCUT2D eigenvalue weighted by Gasteiger charge is 2.62. The number of amides is 3. The van der Waals surface area contributed by atoms with Crippen LogP contribution in [0.15, 0.2) is 60.7 Å². The van der Waals surface area contributed by atoms with Gasteiger partial charge in [-0.3, -0.25) is 14.4 Å². The maximum Gasteiger partial charge on any atom is 0.239 e. The van der Waals surface area contributed by atoms with E-state index < -0.39 is 0 Å². The van der Waals surface area contributed by atoms with E-state index in [0.29, 0.717) is 56.1 Å². The summed E-state index contributed by atoms with van der Waals surface area (Å²) < 4.78 is 0. The molecule has 2 heterocycles. The number of rotatable bonds is 6. The first kappa shape index (κ1) is 36.4. The molecular weight excluding hydrogens is 671 g/mol. The van der Waals surface area contributed by atoms with Crippen LogP contribution in [0.5, 0.6) is 0 Å². The summed E-state index contributed by atoms with van der Waals surface area (Å²) in [5.41, 5.74) is 2.76. The summed E-state index contributed by atoms with van der Waals surface area (Å²) in [6.07, 6.45) is 13.0. The maximum atomic E-state index is 13.4. The molecule has 8 bridgehead atoms. The molecule has 7 nitrogen and oxygen atoms in total. The van der Waals surface area contributed by atoms with Crippen molar-refractivity contribution in [2.75, 3.05) is 32.7 Å². The highest BCUT2D eigenvalue weighted by Crippen LogP contribution is 2.67. The predicted molar refractivity (Wildman–Crippen MR) is 210 cm³/mol. The number of hydrogen-bond acceptors (Lipinski definition) is 4. The van der Waals surface area contributed by atoms with Gasteiger partial charge in [-0.2, -0.15) is 0 Å². The molecule has 12 rings (SSSR count). The molecule has 0 aromatic heterocycles. The van der Waals surface area contributed by atoms with Crippen molar-refractivity contribution in [1.82, 2.24) is 15.1 Å². The lowest BCUT2D eigenvalue weighted by Gasteiger charge is -2.64. The molecular formula is C47H63N3O4. The van der Waals surface area contributed by atoms with Gasteiger partial charge in [0.1, 0.15) is 0 Å². The minimum atomic E-state index is -0.338. The van der Waals surface area contributed by atoms with Gasteiger partial charge in [-0.1, -0.05) is 74.5 Å². The lowest BCUT2D eigenvalue weighted by Crippen LogP contribution is -2.60. The molecule has 0 radical (unpaired) electrons. The van der Waals surface area contributed by atoms with Crippen LogP contribution in [0.2, 0.25) is 0 Å². The van der Waals surface area contributed by atoms with Crippen LogP contribution >= 0.6 is 0 Å². The van der Waals surface area contributed by atoms with Gasteiger partial charge in [0.2, 0.25) is 17.7 Å². The van der Waals surface area contributed by atoms with E-state index in [1.807, 2.05) is 4.90 Å². The first-order valence-corrected chi connectivity index (χ1v) is 21.8. The van der Waals surface area contributed by atoms with Crippen molar-refractivity contribution in [3.05, 3.63) is 71.8 Å². The maximum absolute atomic E-state index is 13.4. The third-order valence-electron chi connectivity index (χ3n) is 17.2. The summed E-state index contributed by atoms with van der Waals surface area (Å²) in [4.78, 5) is 42.3. The molecule has 2 N–H and O–H groups in total. The van der Waals surface area contributed by atoms with Gasteiger partial charge in [0.25, 0.3) is 0 Å². The Kier molecular flexibility index (Phi) is 9.71. The zero-order chi connectivity index (χ0) is 37.2. The Morgan fingerprint density at radius 1 is 0.667 bits per heavy atom. The zero-order valence-corrected chi connectivity index (χ0v) is 32.7. The summed E-state index contributed by atoms with van der Waals surface area (Å²) in [7, 11) is 0. The average Bonchev–Trinajstić information content (AvgIpc) is 3.17. The molecule has 7 heteroatoms. The lowest BCUT2D eigenvalue weighted by atomic mass is 9.41. The van der Waals surface area contributed by atoms with E-state index >= 15 is 0 Å². The number of piperazine rings is 1. The normalized spacial score (nSPS) is 41.6. The van der Waals surface area contributed by atoms with Crippen LogP contribution in [-0.4, -0.2) is 71.5 Å². The minimum absolute atomic E-state index is 0.0217. The third kappa shape index (κ3) is 6.14. The summed E-state index contributed by atoms with van der Waals surface area (Å²) in [5, 5.41) is 12.9. The SMILES string of the molecule is CC1C2CC3CC1CC(C2)C3(CC(=O)N1CCC[C@H](O)C1)c1ccccc1.CC1C2CC3CC1CC(C2)C3(CC(=O)N1CCNC(=O)C1)c1ccccc1. The molecule has 54 heavy (non-hydrogen) atoms. The Morgan fingerprint density at radius 2 is 1.09 bits per heavy atom. The van der Waals surface area contributed by atoms with Gasteiger partial charge in [0.15, 0.2) is 0 Å². The number of β-amino-alcohol motifs (C(OH)–C–C–N with tert-alkyl or cyclic N) is 1. The van der Waals surface area contributed by atoms with E-state index in [1.54, 1.807) is 4.90 Å². The topological polar surface area (TPSA) is 90.0 Å². The van der Waals surface area contributed by atoms with Crippen LogP contribution in [0.4, 0.5) is 0 Å². The molecule has 2 aromatic rings. The quantitative estimate of drug-likeness (QED) is 0.336. The van der Waals surface area contributed by atoms with Gasteiger partial charge in [0, 0.05) is 49.9 Å². The third-order valence-corrected chi connectivity index (χ3v) is 17.2. The van der Waals surface area contributed by atoms with Crippen LogP contribution in [0.1, 0.15) is 102 Å². The molecule has 2 saturated heterocycles. The number of hydrogen-bond donors (Lipinski definition) is 2. The molecule has 1 atom stereocenters. The van der Waals surface area contributed by atoms with E-state index in [9.17, 15) is 19.5 Å². The largest absolute Gasteiger partial charge is 0.391 e. The Morgan fingerprint density at radius 3 is 1.50 bits per heavy atom. The van der Waals surface area contributed by atoms with Gasteiger partial charge >= 0.3 is 0 Å². The highest BCUT2D eigenvalue weighted by molar-refractivity contribution is 5.86. The molecule has 10 fully saturated rings. The number of benzene rings is 2. The predicted octanol–water partition coefficient (Wildman–Crippen LogP) is 6.97. The summed E-state index contributed by atoms with van der Waals surface area (Å²) in [6.45, 7) is 7.72. The molecule has 2 aromatic carbocycles. The number of aliphatic hydroxyl groups is 1. The van der Waals surface area contributed by atoms with Crippen LogP contribution in [-0.2, 0) is 25.2 Å². The second-order valence-corrected chi connectivity index (χ2v) is 19.4. The highest BCUT2D eigenvalue weighted by atomic mass is 16.3. The first-order valence-electron chi connectivity index (χ1n) is 21.8. The second kappa shape index (κ2) is 14.4. The summed E-state index contributed by atoms with van der Waals surface area (Å²) in [6, 6.07) is 21.8. The fourth-order valence-electron chi connectivity index (χ4n) is 14.5. The summed E-state index contributed by atoms with van der Waals surface area (Å²) >= 11 is 0. The Hall–Kier alpha value is -3.19. The number of aliphatic hydroxyl groups excluding tert-OH is 1. The number of nitrogens with zero attached hydrogens (tertiary/aromatic N) is 2. The molecule has 8 saturated carbocycles. The molecule has 290 valence electrons. The molecule has 8 aliphatic carbocycles. The standard InChI is InChI=1S/C24H33NO2.C23H30N2O2/c1-16-17-10-20-12-18(16)13-21(11-17)24(20,19-6-3-2-4-7-19)14-23(27)25-9-5-8-22(26)15-25;1-15-16-9-19-11-17(15)12-20(10-16)23(19,18-5-3-2-4-6-18)13-22(27)25-8-7-24-21(26)14-25/h2-4,6-7,16-18,20-22,26H,5,8-15H2,1H3;2-6,15-17,19-20H,7-14H2,1H3,(H,24,26)/t16?,17?,18?,20?,21?,22-,24?;/m0./s1. The minimum Gasteiger partial charge on any atom is -0.391 e. The van der Waals surface area contributed by atoms with Crippen molar-refractivity contribution in [2.45, 2.75) is 108 Å².